The Kier molecular flexibility index (Phi) is 5.32. The van der Waals surface area contributed by atoms with E-state index in [-0.39, 0.29) is 5.91 Å². The SMILES string of the molecule is C[C@@H]1CCCN(c2ccc(CNC(=O)c3ccc(-n4cnnc4)nc3)cc2)C1. The van der Waals surface area contributed by atoms with Crippen molar-refractivity contribution in [3.05, 3.63) is 66.4 Å². The van der Waals surface area contributed by atoms with Crippen LogP contribution in [0.15, 0.2) is 55.2 Å². The van der Waals surface area contributed by atoms with Crippen LogP contribution in [0.3, 0.4) is 0 Å². The highest BCUT2D eigenvalue weighted by Gasteiger charge is 2.16. The smallest absolute Gasteiger partial charge is 0.253 e. The molecule has 0 aliphatic carbocycles. The van der Waals surface area contributed by atoms with Gasteiger partial charge in [-0.2, -0.15) is 0 Å². The number of carbonyl (C=O) groups excluding carboxylic acids is 1. The van der Waals surface area contributed by atoms with E-state index < -0.39 is 0 Å². The number of hydrogen-bond acceptors (Lipinski definition) is 5. The van der Waals surface area contributed by atoms with Gasteiger partial charge in [-0.05, 0) is 48.6 Å². The van der Waals surface area contributed by atoms with Crippen LogP contribution in [0.1, 0.15) is 35.7 Å². The normalized spacial score (nSPS) is 16.8. The van der Waals surface area contributed by atoms with Gasteiger partial charge in [0, 0.05) is 31.5 Å². The van der Waals surface area contributed by atoms with Gasteiger partial charge in [-0.1, -0.05) is 19.1 Å². The molecule has 1 N–H and O–H groups in total. The van der Waals surface area contributed by atoms with Crippen molar-refractivity contribution in [3.63, 3.8) is 0 Å². The number of piperidine rings is 1. The van der Waals surface area contributed by atoms with Crippen molar-refractivity contribution in [1.29, 1.82) is 0 Å². The van der Waals surface area contributed by atoms with Crippen LogP contribution in [-0.2, 0) is 6.54 Å². The van der Waals surface area contributed by atoms with Gasteiger partial charge < -0.3 is 10.2 Å². The van der Waals surface area contributed by atoms with Crippen LogP contribution in [-0.4, -0.2) is 38.7 Å². The van der Waals surface area contributed by atoms with Crippen molar-refractivity contribution in [1.82, 2.24) is 25.1 Å². The van der Waals surface area contributed by atoms with Gasteiger partial charge in [0.15, 0.2) is 0 Å². The van der Waals surface area contributed by atoms with Gasteiger partial charge >= 0.3 is 0 Å². The van der Waals surface area contributed by atoms with Gasteiger partial charge in [-0.15, -0.1) is 10.2 Å². The Hall–Kier alpha value is -3.22. The summed E-state index contributed by atoms with van der Waals surface area (Å²) >= 11 is 0. The van der Waals surface area contributed by atoms with E-state index in [1.54, 1.807) is 35.6 Å². The summed E-state index contributed by atoms with van der Waals surface area (Å²) in [5.41, 5.74) is 2.86. The molecular formula is C21H24N6O. The molecule has 0 unspecified atom stereocenters. The van der Waals surface area contributed by atoms with Crippen molar-refractivity contribution in [2.45, 2.75) is 26.3 Å². The topological polar surface area (TPSA) is 75.9 Å². The first-order chi connectivity index (χ1) is 13.7. The maximum Gasteiger partial charge on any atom is 0.253 e. The molecule has 1 fully saturated rings. The maximum absolute atomic E-state index is 12.4. The Labute approximate surface area is 164 Å². The van der Waals surface area contributed by atoms with E-state index >= 15 is 0 Å². The van der Waals surface area contributed by atoms with Crippen LogP contribution < -0.4 is 10.2 Å². The van der Waals surface area contributed by atoms with Gasteiger partial charge in [0.2, 0.25) is 0 Å². The molecule has 1 amide bonds. The fourth-order valence-corrected chi connectivity index (χ4v) is 3.53. The number of aromatic nitrogens is 4. The van der Waals surface area contributed by atoms with E-state index in [4.69, 9.17) is 0 Å². The number of benzene rings is 1. The van der Waals surface area contributed by atoms with Gasteiger partial charge in [0.25, 0.3) is 5.91 Å². The summed E-state index contributed by atoms with van der Waals surface area (Å²) in [6.07, 6.45) is 7.26. The highest BCUT2D eigenvalue weighted by Crippen LogP contribution is 2.23. The molecular weight excluding hydrogens is 352 g/mol. The van der Waals surface area contributed by atoms with Gasteiger partial charge in [-0.3, -0.25) is 9.36 Å². The Balaban J connectivity index is 1.33. The van der Waals surface area contributed by atoms with Gasteiger partial charge in [-0.25, -0.2) is 4.98 Å². The molecule has 0 bridgehead atoms. The Morgan fingerprint density at radius 2 is 1.93 bits per heavy atom. The minimum absolute atomic E-state index is 0.142. The lowest BCUT2D eigenvalue weighted by Gasteiger charge is -2.32. The molecule has 4 rings (SSSR count). The zero-order valence-corrected chi connectivity index (χ0v) is 16.0. The van der Waals surface area contributed by atoms with Crippen molar-refractivity contribution in [2.24, 2.45) is 5.92 Å². The van der Waals surface area contributed by atoms with Crippen LogP contribution >= 0.6 is 0 Å². The maximum atomic E-state index is 12.4. The summed E-state index contributed by atoms with van der Waals surface area (Å²) in [7, 11) is 0. The lowest BCUT2D eigenvalue weighted by atomic mass is 9.99. The quantitative estimate of drug-likeness (QED) is 0.741. The predicted octanol–water partition coefficient (Wildman–Crippen LogP) is 2.83. The number of anilines is 1. The molecule has 3 heterocycles. The second kappa shape index (κ2) is 8.21. The fourth-order valence-electron chi connectivity index (χ4n) is 3.53. The third kappa shape index (κ3) is 4.19. The Morgan fingerprint density at radius 1 is 1.14 bits per heavy atom. The predicted molar refractivity (Wildman–Crippen MR) is 107 cm³/mol. The first-order valence-electron chi connectivity index (χ1n) is 9.62. The number of nitrogens with zero attached hydrogens (tertiary/aromatic N) is 5. The Morgan fingerprint density at radius 3 is 2.61 bits per heavy atom. The average molecular weight is 376 g/mol. The highest BCUT2D eigenvalue weighted by molar-refractivity contribution is 5.93. The van der Waals surface area contributed by atoms with Crippen molar-refractivity contribution in [3.8, 4) is 5.82 Å². The number of rotatable bonds is 5. The number of nitrogens with one attached hydrogen (secondary N) is 1. The molecule has 28 heavy (non-hydrogen) atoms. The van der Waals surface area contributed by atoms with E-state index in [0.717, 1.165) is 24.6 Å². The lowest BCUT2D eigenvalue weighted by Crippen LogP contribution is -2.34. The van der Waals surface area contributed by atoms with Crippen molar-refractivity contribution < 1.29 is 4.79 Å². The van der Waals surface area contributed by atoms with E-state index in [0.29, 0.717) is 17.9 Å². The summed E-state index contributed by atoms with van der Waals surface area (Å²) < 4.78 is 1.69. The molecule has 1 aliphatic heterocycles. The number of carbonyl (C=O) groups is 1. The zero-order chi connectivity index (χ0) is 19.3. The first kappa shape index (κ1) is 18.2. The van der Waals surface area contributed by atoms with Crippen LogP contribution in [0.5, 0.6) is 0 Å². The molecule has 7 nitrogen and oxygen atoms in total. The second-order valence-electron chi connectivity index (χ2n) is 7.32. The molecule has 3 aromatic rings. The van der Waals surface area contributed by atoms with Gasteiger partial charge in [0.1, 0.15) is 18.5 Å². The number of hydrogen-bond donors (Lipinski definition) is 1. The van der Waals surface area contributed by atoms with E-state index in [9.17, 15) is 4.79 Å². The molecule has 1 aromatic carbocycles. The van der Waals surface area contributed by atoms with Crippen LogP contribution in [0, 0.1) is 5.92 Å². The standard InChI is InChI=1S/C21H24N6O/c1-16-3-2-10-26(13-16)19-7-4-17(5-8-19)11-23-21(28)18-6-9-20(22-12-18)27-14-24-25-15-27/h4-9,12,14-16H,2-3,10-11,13H2,1H3,(H,23,28)/t16-/m1/s1. The molecule has 1 atom stereocenters. The lowest BCUT2D eigenvalue weighted by molar-refractivity contribution is 0.0950. The zero-order valence-electron chi connectivity index (χ0n) is 16.0. The largest absolute Gasteiger partial charge is 0.371 e. The van der Waals surface area contributed by atoms with Crippen molar-refractivity contribution in [2.75, 3.05) is 18.0 Å². The average Bonchev–Trinajstić information content (AvgIpc) is 3.27. The monoisotopic (exact) mass is 376 g/mol. The van der Waals surface area contributed by atoms with Gasteiger partial charge in [0.05, 0.1) is 5.56 Å². The molecule has 0 spiro atoms. The molecule has 0 radical (unpaired) electrons. The summed E-state index contributed by atoms with van der Waals surface area (Å²) in [4.78, 5) is 19.1. The molecule has 1 saturated heterocycles. The third-order valence-corrected chi connectivity index (χ3v) is 5.10. The third-order valence-electron chi connectivity index (χ3n) is 5.10. The van der Waals surface area contributed by atoms with Crippen LogP contribution in [0.2, 0.25) is 0 Å². The highest BCUT2D eigenvalue weighted by atomic mass is 16.1. The molecule has 0 saturated carbocycles. The molecule has 144 valence electrons. The minimum atomic E-state index is -0.142. The Bertz CT molecular complexity index is 905. The molecule has 2 aromatic heterocycles. The first-order valence-corrected chi connectivity index (χ1v) is 9.62. The summed E-state index contributed by atoms with van der Waals surface area (Å²) in [5.74, 6) is 1.28. The summed E-state index contributed by atoms with van der Waals surface area (Å²) in [6.45, 7) is 5.04. The number of pyridine rings is 1. The van der Waals surface area contributed by atoms with E-state index in [1.807, 2.05) is 0 Å². The van der Waals surface area contributed by atoms with E-state index in [2.05, 4.69) is 56.6 Å². The molecule has 1 aliphatic rings. The van der Waals surface area contributed by atoms with Crippen LogP contribution in [0.4, 0.5) is 5.69 Å². The fraction of sp³-hybridized carbons (Fsp3) is 0.333. The number of amides is 1. The van der Waals surface area contributed by atoms with E-state index in [1.165, 1.54) is 18.5 Å². The van der Waals surface area contributed by atoms with Crippen LogP contribution in [0.25, 0.3) is 5.82 Å². The minimum Gasteiger partial charge on any atom is -0.371 e. The van der Waals surface area contributed by atoms with Crippen molar-refractivity contribution >= 4 is 11.6 Å². The summed E-state index contributed by atoms with van der Waals surface area (Å²) in [5, 5.41) is 10.5. The summed E-state index contributed by atoms with van der Waals surface area (Å²) in [6, 6.07) is 12.0. The molecule has 7 heteroatoms. The second-order valence-corrected chi connectivity index (χ2v) is 7.32.